The van der Waals surface area contributed by atoms with Crippen molar-refractivity contribution in [2.75, 3.05) is 24.3 Å². The summed E-state index contributed by atoms with van der Waals surface area (Å²) < 4.78 is 12.9. The molecule has 0 fully saturated rings. The Morgan fingerprint density at radius 2 is 2.12 bits per heavy atom. The highest BCUT2D eigenvalue weighted by atomic mass is 32.2. The Morgan fingerprint density at radius 1 is 1.27 bits per heavy atom. The zero-order valence-corrected chi connectivity index (χ0v) is 15.6. The molecule has 0 saturated carbocycles. The van der Waals surface area contributed by atoms with Gasteiger partial charge in [-0.3, -0.25) is 4.79 Å². The molecule has 134 valence electrons. The first kappa shape index (κ1) is 16.9. The van der Waals surface area contributed by atoms with Crippen molar-refractivity contribution < 1.29 is 14.3 Å². The summed E-state index contributed by atoms with van der Waals surface area (Å²) in [6.07, 6.45) is 0. The van der Waals surface area contributed by atoms with Crippen LogP contribution in [0.2, 0.25) is 0 Å². The number of hydrogen-bond donors (Lipinski definition) is 1. The van der Waals surface area contributed by atoms with E-state index in [4.69, 9.17) is 9.47 Å². The van der Waals surface area contributed by atoms with Gasteiger partial charge >= 0.3 is 0 Å². The first-order valence-corrected chi connectivity index (χ1v) is 9.83. The lowest BCUT2D eigenvalue weighted by molar-refractivity contribution is -0.113. The van der Waals surface area contributed by atoms with E-state index in [1.807, 2.05) is 29.1 Å². The lowest BCUT2D eigenvalue weighted by atomic mass is 10.2. The lowest BCUT2D eigenvalue weighted by Crippen LogP contribution is -2.17. The number of amides is 1. The van der Waals surface area contributed by atoms with Crippen LogP contribution in [0.4, 0.5) is 5.69 Å². The van der Waals surface area contributed by atoms with E-state index in [0.29, 0.717) is 35.6 Å². The van der Waals surface area contributed by atoms with Crippen LogP contribution in [0.1, 0.15) is 0 Å². The minimum atomic E-state index is -0.118. The van der Waals surface area contributed by atoms with E-state index in [-0.39, 0.29) is 11.7 Å². The Morgan fingerprint density at radius 3 is 2.92 bits per heavy atom. The molecular formula is C17H16N4O3S2. The van der Waals surface area contributed by atoms with E-state index in [1.165, 1.54) is 11.8 Å². The smallest absolute Gasteiger partial charge is 0.234 e. The van der Waals surface area contributed by atoms with Gasteiger partial charge in [-0.1, -0.05) is 17.8 Å². The number of benzene rings is 1. The second-order valence-electron chi connectivity index (χ2n) is 5.54. The predicted octanol–water partition coefficient (Wildman–Crippen LogP) is 3.05. The van der Waals surface area contributed by atoms with Crippen molar-refractivity contribution in [1.82, 2.24) is 14.8 Å². The van der Waals surface area contributed by atoms with Crippen molar-refractivity contribution in [2.45, 2.75) is 5.16 Å². The number of carbonyl (C=O) groups is 1. The number of aromatic nitrogens is 3. The first-order chi connectivity index (χ1) is 12.7. The fourth-order valence-electron chi connectivity index (χ4n) is 2.51. The van der Waals surface area contributed by atoms with Crippen LogP contribution in [0.3, 0.4) is 0 Å². The van der Waals surface area contributed by atoms with Gasteiger partial charge < -0.3 is 19.4 Å². The summed E-state index contributed by atoms with van der Waals surface area (Å²) in [7, 11) is 1.90. The standard InChI is InChI=1S/C17H16N4O3S2/c1-21-16(14-3-2-8-25-14)19-20-17(21)26-10-15(22)18-11-4-5-12-13(9-11)24-7-6-23-12/h2-5,8-9H,6-7,10H2,1H3,(H,18,22). The number of carbonyl (C=O) groups excluding carboxylic acids is 1. The molecule has 2 aromatic heterocycles. The van der Waals surface area contributed by atoms with Gasteiger partial charge in [-0.05, 0) is 23.6 Å². The molecule has 9 heteroatoms. The molecule has 1 aliphatic rings. The SMILES string of the molecule is Cn1c(SCC(=O)Nc2ccc3c(c2)OCCO3)nnc1-c1cccs1. The highest BCUT2D eigenvalue weighted by Gasteiger charge is 2.15. The lowest BCUT2D eigenvalue weighted by Gasteiger charge is -2.18. The normalized spacial score (nSPS) is 12.8. The molecule has 1 aliphatic heterocycles. The first-order valence-electron chi connectivity index (χ1n) is 7.96. The van der Waals surface area contributed by atoms with Crippen LogP contribution in [-0.4, -0.2) is 39.6 Å². The van der Waals surface area contributed by atoms with Gasteiger partial charge in [0.1, 0.15) is 13.2 Å². The summed E-state index contributed by atoms with van der Waals surface area (Å²) >= 11 is 2.95. The zero-order chi connectivity index (χ0) is 17.9. The largest absolute Gasteiger partial charge is 0.486 e. The van der Waals surface area contributed by atoms with Crippen molar-refractivity contribution in [3.8, 4) is 22.2 Å². The third kappa shape index (κ3) is 3.54. The van der Waals surface area contributed by atoms with Crippen molar-refractivity contribution in [2.24, 2.45) is 7.05 Å². The van der Waals surface area contributed by atoms with Crippen molar-refractivity contribution in [1.29, 1.82) is 0 Å². The molecule has 7 nitrogen and oxygen atoms in total. The van der Waals surface area contributed by atoms with Crippen LogP contribution in [0.25, 0.3) is 10.7 Å². The van der Waals surface area contributed by atoms with Gasteiger partial charge in [-0.25, -0.2) is 0 Å². The van der Waals surface area contributed by atoms with E-state index < -0.39 is 0 Å². The molecule has 1 aromatic carbocycles. The number of anilines is 1. The number of fused-ring (bicyclic) bond motifs is 1. The minimum Gasteiger partial charge on any atom is -0.486 e. The third-order valence-corrected chi connectivity index (χ3v) is 5.62. The van der Waals surface area contributed by atoms with Gasteiger partial charge in [0.25, 0.3) is 0 Å². The van der Waals surface area contributed by atoms with E-state index in [2.05, 4.69) is 15.5 Å². The molecule has 0 unspecified atom stereocenters. The third-order valence-electron chi connectivity index (χ3n) is 3.73. The van der Waals surface area contributed by atoms with Crippen LogP contribution in [0.5, 0.6) is 11.5 Å². The fraction of sp³-hybridized carbons (Fsp3) is 0.235. The van der Waals surface area contributed by atoms with E-state index in [1.54, 1.807) is 29.5 Å². The average molecular weight is 388 g/mol. The van der Waals surface area contributed by atoms with E-state index in [0.717, 1.165) is 10.7 Å². The quantitative estimate of drug-likeness (QED) is 0.677. The molecule has 0 aliphatic carbocycles. The molecule has 3 heterocycles. The maximum Gasteiger partial charge on any atom is 0.234 e. The second kappa shape index (κ2) is 7.38. The van der Waals surface area contributed by atoms with Crippen LogP contribution < -0.4 is 14.8 Å². The van der Waals surface area contributed by atoms with Gasteiger partial charge in [0.2, 0.25) is 5.91 Å². The van der Waals surface area contributed by atoms with Gasteiger partial charge in [-0.15, -0.1) is 21.5 Å². The molecule has 0 spiro atoms. The molecule has 0 saturated heterocycles. The minimum absolute atomic E-state index is 0.118. The summed E-state index contributed by atoms with van der Waals surface area (Å²) in [5, 5.41) is 13.9. The van der Waals surface area contributed by atoms with Gasteiger partial charge in [0.05, 0.1) is 10.6 Å². The molecular weight excluding hydrogens is 372 g/mol. The maximum atomic E-state index is 12.2. The van der Waals surface area contributed by atoms with Crippen molar-refractivity contribution >= 4 is 34.7 Å². The van der Waals surface area contributed by atoms with Gasteiger partial charge in [0, 0.05) is 18.8 Å². The van der Waals surface area contributed by atoms with Crippen LogP contribution >= 0.6 is 23.1 Å². The summed E-state index contributed by atoms with van der Waals surface area (Å²) in [5.74, 6) is 2.27. The molecule has 26 heavy (non-hydrogen) atoms. The maximum absolute atomic E-state index is 12.2. The number of nitrogens with zero attached hydrogens (tertiary/aromatic N) is 3. The number of thioether (sulfide) groups is 1. The monoisotopic (exact) mass is 388 g/mol. The molecule has 0 radical (unpaired) electrons. The molecule has 1 amide bonds. The molecule has 4 rings (SSSR count). The number of ether oxygens (including phenoxy) is 2. The number of nitrogens with one attached hydrogen (secondary N) is 1. The number of rotatable bonds is 5. The molecule has 3 aromatic rings. The Balaban J connectivity index is 1.37. The highest BCUT2D eigenvalue weighted by molar-refractivity contribution is 7.99. The Kier molecular flexibility index (Phi) is 4.81. The van der Waals surface area contributed by atoms with Crippen molar-refractivity contribution in [3.63, 3.8) is 0 Å². The average Bonchev–Trinajstić information content (AvgIpc) is 3.29. The van der Waals surface area contributed by atoms with Crippen LogP contribution in [0, 0.1) is 0 Å². The molecule has 0 atom stereocenters. The molecule has 1 N–H and O–H groups in total. The summed E-state index contributed by atoms with van der Waals surface area (Å²) in [6, 6.07) is 9.34. The zero-order valence-electron chi connectivity index (χ0n) is 14.0. The Hall–Kier alpha value is -2.52. The Bertz CT molecular complexity index is 924. The van der Waals surface area contributed by atoms with E-state index >= 15 is 0 Å². The summed E-state index contributed by atoms with van der Waals surface area (Å²) in [5.41, 5.74) is 0.678. The topological polar surface area (TPSA) is 78.3 Å². The predicted molar refractivity (Wildman–Crippen MR) is 101 cm³/mol. The van der Waals surface area contributed by atoms with E-state index in [9.17, 15) is 4.79 Å². The fourth-order valence-corrected chi connectivity index (χ4v) is 3.96. The number of hydrogen-bond acceptors (Lipinski definition) is 7. The van der Waals surface area contributed by atoms with Gasteiger partial charge in [0.15, 0.2) is 22.5 Å². The van der Waals surface area contributed by atoms with Crippen LogP contribution in [0.15, 0.2) is 40.9 Å². The summed E-state index contributed by atoms with van der Waals surface area (Å²) in [6.45, 7) is 1.06. The van der Waals surface area contributed by atoms with Crippen LogP contribution in [-0.2, 0) is 11.8 Å². The highest BCUT2D eigenvalue weighted by Crippen LogP contribution is 2.32. The van der Waals surface area contributed by atoms with Crippen molar-refractivity contribution in [3.05, 3.63) is 35.7 Å². The van der Waals surface area contributed by atoms with Gasteiger partial charge in [-0.2, -0.15) is 0 Å². The second-order valence-corrected chi connectivity index (χ2v) is 7.43. The summed E-state index contributed by atoms with van der Waals surface area (Å²) in [4.78, 5) is 13.3. The number of thiophene rings is 1. The molecule has 0 bridgehead atoms. The Labute approximate surface area is 158 Å².